The number of carbonyl (C=O) groups excluding carboxylic acids is 2. The Labute approximate surface area is 169 Å². The van der Waals surface area contributed by atoms with E-state index in [2.05, 4.69) is 11.2 Å². The van der Waals surface area contributed by atoms with Crippen molar-refractivity contribution in [2.45, 2.75) is 32.5 Å². The van der Waals surface area contributed by atoms with Gasteiger partial charge in [0.05, 0.1) is 18.3 Å². The molecule has 0 fully saturated rings. The Morgan fingerprint density at radius 3 is 2.59 bits per heavy atom. The molecule has 0 N–H and O–H groups in total. The van der Waals surface area contributed by atoms with Crippen molar-refractivity contribution in [1.82, 2.24) is 14.7 Å². The highest BCUT2D eigenvalue weighted by Crippen LogP contribution is 2.19. The van der Waals surface area contributed by atoms with Crippen LogP contribution >= 0.6 is 0 Å². The maximum absolute atomic E-state index is 12.7. The number of fused-ring (bicyclic) bond motifs is 1. The number of aromatic nitrogens is 2. The van der Waals surface area contributed by atoms with Crippen LogP contribution in [0.25, 0.3) is 0 Å². The van der Waals surface area contributed by atoms with Crippen LogP contribution in [0.3, 0.4) is 0 Å². The highest BCUT2D eigenvalue weighted by molar-refractivity contribution is 5.91. The fourth-order valence-electron chi connectivity index (χ4n) is 3.55. The number of rotatable bonds is 5. The average Bonchev–Trinajstić information content (AvgIpc) is 3.22. The summed E-state index contributed by atoms with van der Waals surface area (Å²) < 4.78 is 7.10. The second-order valence-electron chi connectivity index (χ2n) is 7.24. The molecule has 6 heteroatoms. The smallest absolute Gasteiger partial charge is 0.342 e. The Hall–Kier alpha value is -3.41. The average molecular weight is 389 g/mol. The molecule has 1 aliphatic heterocycles. The Kier molecular flexibility index (Phi) is 5.42. The first-order chi connectivity index (χ1) is 14.1. The fraction of sp³-hybridized carbons (Fsp3) is 0.261. The molecule has 6 nitrogen and oxygen atoms in total. The summed E-state index contributed by atoms with van der Waals surface area (Å²) in [6, 6.07) is 18.0. The van der Waals surface area contributed by atoms with Crippen LogP contribution in [0.1, 0.15) is 34.0 Å². The SMILES string of the molecule is CC(OC(=O)c1cnn(Cc2ccccc2)c1)C(=O)N1CCc2ccccc2C1. The van der Waals surface area contributed by atoms with Gasteiger partial charge in [0.15, 0.2) is 6.10 Å². The molecule has 0 spiro atoms. The predicted octanol–water partition coefficient (Wildman–Crippen LogP) is 3.06. The maximum atomic E-state index is 12.7. The summed E-state index contributed by atoms with van der Waals surface area (Å²) in [5.74, 6) is -0.716. The van der Waals surface area contributed by atoms with Crippen molar-refractivity contribution in [3.63, 3.8) is 0 Å². The van der Waals surface area contributed by atoms with Crippen LogP contribution in [0.4, 0.5) is 0 Å². The van der Waals surface area contributed by atoms with E-state index in [0.29, 0.717) is 25.2 Å². The van der Waals surface area contributed by atoms with Gasteiger partial charge in [-0.15, -0.1) is 0 Å². The molecule has 2 heterocycles. The first-order valence-corrected chi connectivity index (χ1v) is 9.73. The molecule has 1 aromatic heterocycles. The minimum absolute atomic E-state index is 0.176. The van der Waals surface area contributed by atoms with Gasteiger partial charge in [0.2, 0.25) is 0 Å². The van der Waals surface area contributed by atoms with Gasteiger partial charge in [-0.05, 0) is 30.0 Å². The van der Waals surface area contributed by atoms with E-state index >= 15 is 0 Å². The van der Waals surface area contributed by atoms with Gasteiger partial charge in [-0.3, -0.25) is 9.48 Å². The van der Waals surface area contributed by atoms with Gasteiger partial charge >= 0.3 is 5.97 Å². The van der Waals surface area contributed by atoms with E-state index in [0.717, 1.165) is 17.5 Å². The van der Waals surface area contributed by atoms with Crippen LogP contribution in [-0.2, 0) is 29.0 Å². The molecule has 1 atom stereocenters. The lowest BCUT2D eigenvalue weighted by molar-refractivity contribution is -0.140. The van der Waals surface area contributed by atoms with Crippen LogP contribution in [0.15, 0.2) is 67.0 Å². The number of ether oxygens (including phenoxy) is 1. The third-order valence-electron chi connectivity index (χ3n) is 5.13. The molecule has 4 rings (SSSR count). The highest BCUT2D eigenvalue weighted by Gasteiger charge is 2.27. The van der Waals surface area contributed by atoms with Gasteiger partial charge in [0, 0.05) is 19.3 Å². The van der Waals surface area contributed by atoms with Gasteiger partial charge in [-0.1, -0.05) is 54.6 Å². The van der Waals surface area contributed by atoms with Crippen molar-refractivity contribution in [3.05, 3.63) is 89.2 Å². The lowest BCUT2D eigenvalue weighted by Crippen LogP contribution is -2.42. The van der Waals surface area contributed by atoms with Crippen molar-refractivity contribution >= 4 is 11.9 Å². The summed E-state index contributed by atoms with van der Waals surface area (Å²) in [6.07, 6.45) is 3.09. The number of carbonyl (C=O) groups is 2. The number of hydrogen-bond acceptors (Lipinski definition) is 4. The molecule has 0 bridgehead atoms. The number of amides is 1. The van der Waals surface area contributed by atoms with E-state index in [9.17, 15) is 9.59 Å². The molecule has 1 aliphatic rings. The van der Waals surface area contributed by atoms with E-state index in [1.54, 1.807) is 22.7 Å². The number of benzene rings is 2. The molecule has 2 aromatic carbocycles. The second kappa shape index (κ2) is 8.31. The zero-order valence-electron chi connectivity index (χ0n) is 16.3. The monoisotopic (exact) mass is 389 g/mol. The summed E-state index contributed by atoms with van der Waals surface area (Å²) in [4.78, 5) is 27.0. The molecule has 1 unspecified atom stereocenters. The Morgan fingerprint density at radius 1 is 1.07 bits per heavy atom. The molecular weight excluding hydrogens is 366 g/mol. The van der Waals surface area contributed by atoms with E-state index < -0.39 is 12.1 Å². The van der Waals surface area contributed by atoms with Crippen LogP contribution in [0, 0.1) is 0 Å². The van der Waals surface area contributed by atoms with Crippen molar-refractivity contribution in [1.29, 1.82) is 0 Å². The topological polar surface area (TPSA) is 64.4 Å². The lowest BCUT2D eigenvalue weighted by Gasteiger charge is -2.30. The minimum Gasteiger partial charge on any atom is -0.449 e. The highest BCUT2D eigenvalue weighted by atomic mass is 16.5. The zero-order valence-corrected chi connectivity index (χ0v) is 16.3. The second-order valence-corrected chi connectivity index (χ2v) is 7.24. The van der Waals surface area contributed by atoms with Crippen molar-refractivity contribution < 1.29 is 14.3 Å². The van der Waals surface area contributed by atoms with E-state index in [-0.39, 0.29) is 5.91 Å². The number of hydrogen-bond donors (Lipinski definition) is 0. The van der Waals surface area contributed by atoms with Gasteiger partial charge in [0.1, 0.15) is 0 Å². The first-order valence-electron chi connectivity index (χ1n) is 9.73. The molecule has 0 radical (unpaired) electrons. The summed E-state index contributed by atoms with van der Waals surface area (Å²) >= 11 is 0. The molecule has 1 amide bonds. The van der Waals surface area contributed by atoms with Crippen LogP contribution in [-0.4, -0.2) is 39.2 Å². The molecule has 29 heavy (non-hydrogen) atoms. The summed E-state index contributed by atoms with van der Waals surface area (Å²) in [5, 5.41) is 4.22. The molecule has 148 valence electrons. The summed E-state index contributed by atoms with van der Waals surface area (Å²) in [5.41, 5.74) is 3.84. The van der Waals surface area contributed by atoms with Crippen molar-refractivity contribution in [3.8, 4) is 0 Å². The first kappa shape index (κ1) is 18.9. The molecule has 0 saturated heterocycles. The number of esters is 1. The van der Waals surface area contributed by atoms with Gasteiger partial charge in [0.25, 0.3) is 5.91 Å². The fourth-order valence-corrected chi connectivity index (χ4v) is 3.55. The molecular formula is C23H23N3O3. The van der Waals surface area contributed by atoms with E-state index in [1.807, 2.05) is 48.5 Å². The van der Waals surface area contributed by atoms with E-state index in [1.165, 1.54) is 11.8 Å². The van der Waals surface area contributed by atoms with Crippen molar-refractivity contribution in [2.75, 3.05) is 6.54 Å². The van der Waals surface area contributed by atoms with Crippen LogP contribution < -0.4 is 0 Å². The summed E-state index contributed by atoms with van der Waals surface area (Å²) in [7, 11) is 0. The molecule has 0 saturated carbocycles. The minimum atomic E-state index is -0.842. The van der Waals surface area contributed by atoms with Crippen LogP contribution in [0.2, 0.25) is 0 Å². The third kappa shape index (κ3) is 4.37. The predicted molar refractivity (Wildman–Crippen MR) is 108 cm³/mol. The van der Waals surface area contributed by atoms with Crippen LogP contribution in [0.5, 0.6) is 0 Å². The Bertz CT molecular complexity index is 1010. The van der Waals surface area contributed by atoms with Gasteiger partial charge in [-0.25, -0.2) is 4.79 Å². The van der Waals surface area contributed by atoms with Gasteiger partial charge < -0.3 is 9.64 Å². The molecule has 3 aromatic rings. The van der Waals surface area contributed by atoms with Gasteiger partial charge in [-0.2, -0.15) is 5.10 Å². The maximum Gasteiger partial charge on any atom is 0.342 e. The quantitative estimate of drug-likeness (QED) is 0.629. The van der Waals surface area contributed by atoms with Crippen molar-refractivity contribution in [2.24, 2.45) is 0 Å². The van der Waals surface area contributed by atoms with E-state index in [4.69, 9.17) is 4.74 Å². The normalized spacial score (nSPS) is 14.2. The number of nitrogens with zero attached hydrogens (tertiary/aromatic N) is 3. The standard InChI is InChI=1S/C23H23N3O3/c1-17(22(27)25-12-11-19-9-5-6-10-20(19)15-25)29-23(28)21-13-24-26(16-21)14-18-7-3-2-4-8-18/h2-10,13,16-17H,11-12,14-15H2,1H3. The third-order valence-corrected chi connectivity index (χ3v) is 5.13. The Morgan fingerprint density at radius 2 is 1.79 bits per heavy atom. The molecule has 0 aliphatic carbocycles. The summed E-state index contributed by atoms with van der Waals surface area (Å²) in [6.45, 7) is 3.36. The zero-order chi connectivity index (χ0) is 20.2. The largest absolute Gasteiger partial charge is 0.449 e. The lowest BCUT2D eigenvalue weighted by atomic mass is 9.99. The Balaban J connectivity index is 1.35.